The first-order valence-electron chi connectivity index (χ1n) is 4.01. The molecule has 0 unspecified atom stereocenters. The standard InChI is InChI=1S/C8H15N3/c1-3-11-6-7(2)8(10-11)4-5-9/h6H,3-5,9H2,1-2H3. The molecule has 0 saturated carbocycles. The maximum Gasteiger partial charge on any atom is 0.0666 e. The van der Waals surface area contributed by atoms with Crippen molar-refractivity contribution in [3.05, 3.63) is 17.5 Å². The van der Waals surface area contributed by atoms with Gasteiger partial charge in [0.25, 0.3) is 0 Å². The summed E-state index contributed by atoms with van der Waals surface area (Å²) in [7, 11) is 0. The zero-order chi connectivity index (χ0) is 8.27. The molecule has 62 valence electrons. The van der Waals surface area contributed by atoms with Crippen molar-refractivity contribution in [1.29, 1.82) is 0 Å². The van der Waals surface area contributed by atoms with E-state index in [9.17, 15) is 0 Å². The normalized spacial score (nSPS) is 10.5. The topological polar surface area (TPSA) is 43.8 Å². The van der Waals surface area contributed by atoms with Crippen molar-refractivity contribution < 1.29 is 0 Å². The van der Waals surface area contributed by atoms with Gasteiger partial charge in [-0.15, -0.1) is 0 Å². The molecule has 0 bridgehead atoms. The van der Waals surface area contributed by atoms with Gasteiger partial charge in [-0.25, -0.2) is 0 Å². The van der Waals surface area contributed by atoms with Gasteiger partial charge in [0.2, 0.25) is 0 Å². The summed E-state index contributed by atoms with van der Waals surface area (Å²) >= 11 is 0. The molecule has 0 aliphatic heterocycles. The van der Waals surface area contributed by atoms with Gasteiger partial charge in [0.05, 0.1) is 5.69 Å². The molecule has 1 heterocycles. The molecule has 3 nitrogen and oxygen atoms in total. The maximum atomic E-state index is 5.43. The maximum absolute atomic E-state index is 5.43. The zero-order valence-corrected chi connectivity index (χ0v) is 7.17. The van der Waals surface area contributed by atoms with Crippen LogP contribution >= 0.6 is 0 Å². The Hall–Kier alpha value is -0.830. The van der Waals surface area contributed by atoms with Gasteiger partial charge in [-0.1, -0.05) is 0 Å². The highest BCUT2D eigenvalue weighted by molar-refractivity contribution is 5.14. The van der Waals surface area contributed by atoms with Gasteiger partial charge in [0, 0.05) is 19.2 Å². The van der Waals surface area contributed by atoms with Crippen LogP contribution in [0.1, 0.15) is 18.2 Å². The van der Waals surface area contributed by atoms with Gasteiger partial charge >= 0.3 is 0 Å². The van der Waals surface area contributed by atoms with E-state index in [1.807, 2.05) is 4.68 Å². The van der Waals surface area contributed by atoms with Crippen LogP contribution in [0, 0.1) is 6.92 Å². The van der Waals surface area contributed by atoms with Gasteiger partial charge in [0.15, 0.2) is 0 Å². The Kier molecular flexibility index (Phi) is 2.65. The Balaban J connectivity index is 2.79. The monoisotopic (exact) mass is 153 g/mol. The van der Waals surface area contributed by atoms with E-state index in [1.165, 1.54) is 5.56 Å². The molecule has 0 fully saturated rings. The van der Waals surface area contributed by atoms with Gasteiger partial charge < -0.3 is 5.73 Å². The van der Waals surface area contributed by atoms with Crippen LogP contribution in [0.3, 0.4) is 0 Å². The smallest absolute Gasteiger partial charge is 0.0666 e. The summed E-state index contributed by atoms with van der Waals surface area (Å²) in [6.07, 6.45) is 2.95. The Morgan fingerprint density at radius 3 is 2.82 bits per heavy atom. The summed E-state index contributed by atoms with van der Waals surface area (Å²) in [5.41, 5.74) is 7.81. The van der Waals surface area contributed by atoms with Gasteiger partial charge in [-0.3, -0.25) is 4.68 Å². The second-order valence-corrected chi connectivity index (χ2v) is 2.65. The van der Waals surface area contributed by atoms with Crippen LogP contribution < -0.4 is 5.73 Å². The first kappa shape index (κ1) is 8.27. The van der Waals surface area contributed by atoms with E-state index in [2.05, 4.69) is 25.1 Å². The van der Waals surface area contributed by atoms with Crippen LogP contribution in [0.4, 0.5) is 0 Å². The molecule has 1 rings (SSSR count). The predicted molar refractivity (Wildman–Crippen MR) is 45.4 cm³/mol. The number of aromatic nitrogens is 2. The summed E-state index contributed by atoms with van der Waals surface area (Å²) in [6.45, 7) is 5.77. The van der Waals surface area contributed by atoms with E-state index in [-0.39, 0.29) is 0 Å². The molecular weight excluding hydrogens is 138 g/mol. The number of nitrogens with two attached hydrogens (primary N) is 1. The van der Waals surface area contributed by atoms with Crippen molar-refractivity contribution in [1.82, 2.24) is 9.78 Å². The van der Waals surface area contributed by atoms with Crippen LogP contribution in [0.5, 0.6) is 0 Å². The molecule has 1 aromatic heterocycles. The molecule has 0 aliphatic carbocycles. The molecule has 0 aliphatic rings. The van der Waals surface area contributed by atoms with Crippen LogP contribution in [0.15, 0.2) is 6.20 Å². The molecule has 0 radical (unpaired) electrons. The Morgan fingerprint density at radius 1 is 1.64 bits per heavy atom. The third kappa shape index (κ3) is 1.80. The Labute approximate surface area is 67.2 Å². The minimum absolute atomic E-state index is 0.682. The molecule has 0 atom stereocenters. The van der Waals surface area contributed by atoms with Gasteiger partial charge in [-0.05, 0) is 26.0 Å². The number of hydrogen-bond acceptors (Lipinski definition) is 2. The molecule has 11 heavy (non-hydrogen) atoms. The summed E-state index contributed by atoms with van der Waals surface area (Å²) in [6, 6.07) is 0. The molecule has 0 spiro atoms. The molecule has 0 aromatic carbocycles. The van der Waals surface area contributed by atoms with Crippen molar-refractivity contribution in [2.75, 3.05) is 6.54 Å². The number of hydrogen-bond donors (Lipinski definition) is 1. The fourth-order valence-corrected chi connectivity index (χ4v) is 1.11. The highest BCUT2D eigenvalue weighted by Gasteiger charge is 2.01. The van der Waals surface area contributed by atoms with E-state index in [0.717, 1.165) is 18.7 Å². The van der Waals surface area contributed by atoms with Gasteiger partial charge in [0.1, 0.15) is 0 Å². The summed E-state index contributed by atoms with van der Waals surface area (Å²) in [5, 5.41) is 4.35. The average Bonchev–Trinajstić information content (AvgIpc) is 2.33. The van der Waals surface area contributed by atoms with Crippen LogP contribution in [-0.4, -0.2) is 16.3 Å². The fourth-order valence-electron chi connectivity index (χ4n) is 1.11. The van der Waals surface area contributed by atoms with Crippen molar-refractivity contribution >= 4 is 0 Å². The van der Waals surface area contributed by atoms with E-state index >= 15 is 0 Å². The lowest BCUT2D eigenvalue weighted by molar-refractivity contribution is 0.646. The first-order valence-corrected chi connectivity index (χ1v) is 4.01. The van der Waals surface area contributed by atoms with Gasteiger partial charge in [-0.2, -0.15) is 5.10 Å². The van der Waals surface area contributed by atoms with Crippen LogP contribution in [0.25, 0.3) is 0 Å². The quantitative estimate of drug-likeness (QED) is 0.695. The minimum atomic E-state index is 0.682. The average molecular weight is 153 g/mol. The van der Waals surface area contributed by atoms with Crippen molar-refractivity contribution in [3.8, 4) is 0 Å². The van der Waals surface area contributed by atoms with E-state index in [0.29, 0.717) is 6.54 Å². The first-order chi connectivity index (χ1) is 5.27. The summed E-state index contributed by atoms with van der Waals surface area (Å²) < 4.78 is 1.94. The molecular formula is C8H15N3. The fraction of sp³-hybridized carbons (Fsp3) is 0.625. The molecule has 1 aromatic rings. The highest BCUT2D eigenvalue weighted by Crippen LogP contribution is 2.04. The Bertz CT molecular complexity index is 227. The second kappa shape index (κ2) is 3.53. The third-order valence-electron chi connectivity index (χ3n) is 1.75. The lowest BCUT2D eigenvalue weighted by Crippen LogP contribution is -2.05. The number of aryl methyl sites for hydroxylation is 2. The second-order valence-electron chi connectivity index (χ2n) is 2.65. The van der Waals surface area contributed by atoms with E-state index in [4.69, 9.17) is 5.73 Å². The van der Waals surface area contributed by atoms with E-state index < -0.39 is 0 Å². The summed E-state index contributed by atoms with van der Waals surface area (Å²) in [5.74, 6) is 0. The zero-order valence-electron chi connectivity index (χ0n) is 7.17. The van der Waals surface area contributed by atoms with Crippen molar-refractivity contribution in [3.63, 3.8) is 0 Å². The lowest BCUT2D eigenvalue weighted by Gasteiger charge is -1.92. The molecule has 3 heteroatoms. The van der Waals surface area contributed by atoms with Crippen molar-refractivity contribution in [2.24, 2.45) is 5.73 Å². The highest BCUT2D eigenvalue weighted by atomic mass is 15.3. The molecule has 0 amide bonds. The summed E-state index contributed by atoms with van der Waals surface area (Å²) in [4.78, 5) is 0. The Morgan fingerprint density at radius 2 is 2.36 bits per heavy atom. The number of rotatable bonds is 3. The lowest BCUT2D eigenvalue weighted by atomic mass is 10.2. The largest absolute Gasteiger partial charge is 0.330 e. The third-order valence-corrected chi connectivity index (χ3v) is 1.75. The predicted octanol–water partition coefficient (Wildman–Crippen LogP) is 0.713. The SMILES string of the molecule is CCn1cc(C)c(CCN)n1. The molecule has 0 saturated heterocycles. The van der Waals surface area contributed by atoms with Crippen molar-refractivity contribution in [2.45, 2.75) is 26.8 Å². The molecule has 2 N–H and O–H groups in total. The van der Waals surface area contributed by atoms with Crippen LogP contribution in [0.2, 0.25) is 0 Å². The van der Waals surface area contributed by atoms with E-state index in [1.54, 1.807) is 0 Å². The van der Waals surface area contributed by atoms with Crippen LogP contribution in [-0.2, 0) is 13.0 Å². The number of nitrogens with zero attached hydrogens (tertiary/aromatic N) is 2. The minimum Gasteiger partial charge on any atom is -0.330 e.